The van der Waals surface area contributed by atoms with Crippen molar-refractivity contribution in [3.8, 4) is 22.6 Å². The summed E-state index contributed by atoms with van der Waals surface area (Å²) in [6.07, 6.45) is 1.94. The molecule has 0 bridgehead atoms. The van der Waals surface area contributed by atoms with E-state index in [1.807, 2.05) is 30.5 Å². The number of rotatable bonds is 12. The van der Waals surface area contributed by atoms with Gasteiger partial charge in [0, 0.05) is 42.5 Å². The van der Waals surface area contributed by atoms with E-state index in [1.165, 1.54) is 17.5 Å². The Balaban J connectivity index is 1.33. The second-order valence-corrected chi connectivity index (χ2v) is 9.28. The molecule has 7 heteroatoms. The lowest BCUT2D eigenvalue weighted by Crippen LogP contribution is -2.18. The smallest absolute Gasteiger partial charge is 0.149 e. The third-order valence-electron chi connectivity index (χ3n) is 6.60. The number of hydrogen-bond donors (Lipinski definition) is 4. The molecule has 0 radical (unpaired) electrons. The van der Waals surface area contributed by atoms with Crippen molar-refractivity contribution >= 4 is 16.6 Å². The van der Waals surface area contributed by atoms with Gasteiger partial charge in [-0.05, 0) is 64.5 Å². The number of aromatic amines is 1. The van der Waals surface area contributed by atoms with Crippen LogP contribution < -0.4 is 20.1 Å². The van der Waals surface area contributed by atoms with E-state index in [-0.39, 0.29) is 12.4 Å². The Morgan fingerprint density at radius 3 is 2.56 bits per heavy atom. The molecule has 6 nitrogen and oxygen atoms in total. The van der Waals surface area contributed by atoms with Crippen molar-refractivity contribution in [2.75, 3.05) is 25.6 Å². The number of H-pyrrole nitrogens is 1. The minimum atomic E-state index is -0.270. The minimum absolute atomic E-state index is 0.0555. The third kappa shape index (κ3) is 6.39. The van der Waals surface area contributed by atoms with Crippen molar-refractivity contribution in [3.05, 3.63) is 114 Å². The summed E-state index contributed by atoms with van der Waals surface area (Å²) in [6, 6.07) is 26.9. The number of benzene rings is 4. The van der Waals surface area contributed by atoms with Crippen LogP contribution >= 0.6 is 0 Å². The van der Waals surface area contributed by atoms with E-state index in [1.54, 1.807) is 19.2 Å². The van der Waals surface area contributed by atoms with Crippen LogP contribution in [0.4, 0.5) is 10.1 Å². The summed E-state index contributed by atoms with van der Waals surface area (Å²) in [7, 11) is 1.69. The van der Waals surface area contributed by atoms with Gasteiger partial charge in [0.1, 0.15) is 23.9 Å². The summed E-state index contributed by atoms with van der Waals surface area (Å²) in [4.78, 5) is 3.28. The standard InChI is InChI=1S/C32H32FN3O3/c1-38-32-28(25-9-8-24-13-14-35-30(24)18-25)3-2-4-29(32)36-19-23-7-12-31(26(17-23)20-34-15-16-37)39-21-22-5-10-27(33)11-6-22/h2-14,17-18,34-37H,15-16,19-21H2,1H3. The Hall–Kier alpha value is -4.33. The number of hydrogen-bond acceptors (Lipinski definition) is 5. The van der Waals surface area contributed by atoms with Crippen molar-refractivity contribution in [1.29, 1.82) is 0 Å². The van der Waals surface area contributed by atoms with Gasteiger partial charge in [-0.3, -0.25) is 0 Å². The number of aliphatic hydroxyl groups is 1. The van der Waals surface area contributed by atoms with Crippen LogP contribution in [0.15, 0.2) is 91.1 Å². The van der Waals surface area contributed by atoms with Crippen LogP contribution in [0.3, 0.4) is 0 Å². The van der Waals surface area contributed by atoms with Gasteiger partial charge in [-0.25, -0.2) is 4.39 Å². The largest absolute Gasteiger partial charge is 0.494 e. The lowest BCUT2D eigenvalue weighted by molar-refractivity contribution is 0.288. The highest BCUT2D eigenvalue weighted by atomic mass is 19.1. The SMILES string of the molecule is COc1c(NCc2ccc(OCc3ccc(F)cc3)c(CNCCO)c2)cccc1-c1ccc2cc[nH]c2c1. The van der Waals surface area contributed by atoms with Crippen molar-refractivity contribution < 1.29 is 19.0 Å². The first-order valence-electron chi connectivity index (χ1n) is 12.9. The topological polar surface area (TPSA) is 78.5 Å². The molecular formula is C32H32FN3O3. The molecule has 0 aliphatic carbocycles. The number of aromatic nitrogens is 1. The molecule has 5 aromatic rings. The van der Waals surface area contributed by atoms with E-state index in [9.17, 15) is 9.50 Å². The van der Waals surface area contributed by atoms with Crippen LogP contribution in [0.5, 0.6) is 11.5 Å². The summed E-state index contributed by atoms with van der Waals surface area (Å²) < 4.78 is 25.2. The summed E-state index contributed by atoms with van der Waals surface area (Å²) in [5.41, 5.74) is 7.01. The molecule has 0 unspecified atom stereocenters. The average Bonchev–Trinajstić information content (AvgIpc) is 3.44. The summed E-state index contributed by atoms with van der Waals surface area (Å²) in [6.45, 7) is 2.01. The quantitative estimate of drug-likeness (QED) is 0.145. The maximum Gasteiger partial charge on any atom is 0.149 e. The molecular weight excluding hydrogens is 493 g/mol. The van der Waals surface area contributed by atoms with E-state index in [0.717, 1.165) is 50.5 Å². The number of para-hydroxylation sites is 1. The number of aliphatic hydroxyl groups excluding tert-OH is 1. The molecule has 1 aromatic heterocycles. The van der Waals surface area contributed by atoms with E-state index in [4.69, 9.17) is 9.47 Å². The van der Waals surface area contributed by atoms with Crippen molar-refractivity contribution in [1.82, 2.24) is 10.3 Å². The van der Waals surface area contributed by atoms with Crippen LogP contribution in [-0.2, 0) is 19.7 Å². The number of nitrogens with one attached hydrogen (secondary N) is 3. The van der Waals surface area contributed by atoms with E-state index >= 15 is 0 Å². The van der Waals surface area contributed by atoms with E-state index in [0.29, 0.717) is 26.2 Å². The molecule has 0 saturated carbocycles. The Kier molecular flexibility index (Phi) is 8.41. The minimum Gasteiger partial charge on any atom is -0.494 e. The highest BCUT2D eigenvalue weighted by Gasteiger charge is 2.13. The second-order valence-electron chi connectivity index (χ2n) is 9.28. The number of anilines is 1. The maximum atomic E-state index is 13.2. The first kappa shape index (κ1) is 26.3. The van der Waals surface area contributed by atoms with Crippen LogP contribution in [0.2, 0.25) is 0 Å². The zero-order chi connectivity index (χ0) is 27.0. The van der Waals surface area contributed by atoms with Gasteiger partial charge in [0.15, 0.2) is 0 Å². The lowest BCUT2D eigenvalue weighted by Gasteiger charge is -2.17. The Labute approximate surface area is 227 Å². The molecule has 1 heterocycles. The molecule has 39 heavy (non-hydrogen) atoms. The van der Waals surface area contributed by atoms with Gasteiger partial charge >= 0.3 is 0 Å². The third-order valence-corrected chi connectivity index (χ3v) is 6.60. The monoisotopic (exact) mass is 525 g/mol. The number of fused-ring (bicyclic) bond motifs is 1. The second kappa shape index (κ2) is 12.5. The van der Waals surface area contributed by atoms with Crippen LogP contribution in [0, 0.1) is 5.82 Å². The molecule has 0 fully saturated rings. The fourth-order valence-corrected chi connectivity index (χ4v) is 4.60. The van der Waals surface area contributed by atoms with E-state index < -0.39 is 0 Å². The zero-order valence-electron chi connectivity index (χ0n) is 21.8. The van der Waals surface area contributed by atoms with Gasteiger partial charge in [0.25, 0.3) is 0 Å². The highest BCUT2D eigenvalue weighted by Crippen LogP contribution is 2.37. The predicted octanol–water partition coefficient (Wildman–Crippen LogP) is 6.26. The first-order valence-corrected chi connectivity index (χ1v) is 12.9. The lowest BCUT2D eigenvalue weighted by atomic mass is 10.0. The molecule has 0 aliphatic rings. The first-order chi connectivity index (χ1) is 19.1. The highest BCUT2D eigenvalue weighted by molar-refractivity contribution is 5.87. The summed E-state index contributed by atoms with van der Waals surface area (Å²) in [5.74, 6) is 1.26. The molecule has 0 amide bonds. The predicted molar refractivity (Wildman–Crippen MR) is 154 cm³/mol. The molecule has 5 rings (SSSR count). The molecule has 0 saturated heterocycles. The molecule has 4 N–H and O–H groups in total. The van der Waals surface area contributed by atoms with Crippen LogP contribution in [0.1, 0.15) is 16.7 Å². The van der Waals surface area contributed by atoms with Gasteiger partial charge in [0.2, 0.25) is 0 Å². The molecule has 4 aromatic carbocycles. The Bertz CT molecular complexity index is 1530. The summed E-state index contributed by atoms with van der Waals surface area (Å²) >= 11 is 0. The van der Waals surface area contributed by atoms with Gasteiger partial charge in [-0.2, -0.15) is 0 Å². The number of halogens is 1. The fraction of sp³-hybridized carbons (Fsp3) is 0.188. The van der Waals surface area contributed by atoms with Crippen molar-refractivity contribution in [3.63, 3.8) is 0 Å². The molecule has 0 aliphatic heterocycles. The Morgan fingerprint density at radius 2 is 1.74 bits per heavy atom. The molecule has 0 spiro atoms. The van der Waals surface area contributed by atoms with Crippen molar-refractivity contribution in [2.45, 2.75) is 19.7 Å². The van der Waals surface area contributed by atoms with Crippen LogP contribution in [0.25, 0.3) is 22.0 Å². The van der Waals surface area contributed by atoms with Crippen molar-refractivity contribution in [2.24, 2.45) is 0 Å². The maximum absolute atomic E-state index is 13.2. The summed E-state index contributed by atoms with van der Waals surface area (Å²) in [5, 5.41) is 17.1. The van der Waals surface area contributed by atoms with E-state index in [2.05, 4.69) is 52.0 Å². The number of ether oxygens (including phenoxy) is 2. The van der Waals surface area contributed by atoms with Gasteiger partial charge in [-0.1, -0.05) is 42.5 Å². The fourth-order valence-electron chi connectivity index (χ4n) is 4.60. The van der Waals surface area contributed by atoms with Gasteiger partial charge in [0.05, 0.1) is 19.4 Å². The van der Waals surface area contributed by atoms with Gasteiger partial charge in [-0.15, -0.1) is 0 Å². The Morgan fingerprint density at radius 1 is 0.897 bits per heavy atom. The van der Waals surface area contributed by atoms with Gasteiger partial charge < -0.3 is 30.2 Å². The van der Waals surface area contributed by atoms with Crippen LogP contribution in [-0.4, -0.2) is 30.4 Å². The zero-order valence-corrected chi connectivity index (χ0v) is 21.8. The number of methoxy groups -OCH3 is 1. The molecule has 200 valence electrons. The average molecular weight is 526 g/mol. The molecule has 0 atom stereocenters. The normalized spacial score (nSPS) is 11.1.